The zero-order chi connectivity index (χ0) is 10.1. The van der Waals surface area contributed by atoms with Gasteiger partial charge in [-0.2, -0.15) is 11.8 Å². The Balaban J connectivity index is 1.85. The SMILES string of the molecule is COCCNCCSCc1ccco1. The molecule has 0 radical (unpaired) electrons. The van der Waals surface area contributed by atoms with Crippen LogP contribution in [0.3, 0.4) is 0 Å². The van der Waals surface area contributed by atoms with Gasteiger partial charge in [0.2, 0.25) is 0 Å². The molecule has 0 fully saturated rings. The van der Waals surface area contributed by atoms with Gasteiger partial charge >= 0.3 is 0 Å². The molecule has 0 aliphatic rings. The van der Waals surface area contributed by atoms with E-state index >= 15 is 0 Å². The molecule has 0 saturated carbocycles. The standard InChI is InChI=1S/C10H17NO2S/c1-12-7-4-11-5-8-14-9-10-3-2-6-13-10/h2-3,6,11H,4-5,7-9H2,1H3. The minimum absolute atomic E-state index is 0.781. The summed E-state index contributed by atoms with van der Waals surface area (Å²) in [5.41, 5.74) is 0. The molecule has 4 heteroatoms. The number of hydrogen-bond donors (Lipinski definition) is 1. The van der Waals surface area contributed by atoms with Gasteiger partial charge in [0.15, 0.2) is 0 Å². The van der Waals surface area contributed by atoms with Gasteiger partial charge < -0.3 is 14.5 Å². The Morgan fingerprint density at radius 3 is 3.14 bits per heavy atom. The van der Waals surface area contributed by atoms with Crippen molar-refractivity contribution in [3.05, 3.63) is 24.2 Å². The van der Waals surface area contributed by atoms with Crippen molar-refractivity contribution in [3.63, 3.8) is 0 Å². The summed E-state index contributed by atoms with van der Waals surface area (Å²) in [6, 6.07) is 3.93. The zero-order valence-electron chi connectivity index (χ0n) is 8.49. The predicted octanol–water partition coefficient (Wildman–Crippen LogP) is 1.75. The van der Waals surface area contributed by atoms with Crippen molar-refractivity contribution < 1.29 is 9.15 Å². The van der Waals surface area contributed by atoms with Crippen LogP contribution in [0.4, 0.5) is 0 Å². The highest BCUT2D eigenvalue weighted by Crippen LogP contribution is 2.11. The smallest absolute Gasteiger partial charge is 0.113 e. The van der Waals surface area contributed by atoms with E-state index in [1.54, 1.807) is 13.4 Å². The summed E-state index contributed by atoms with van der Waals surface area (Å²) in [7, 11) is 1.72. The van der Waals surface area contributed by atoms with Crippen LogP contribution in [-0.4, -0.2) is 32.6 Å². The Morgan fingerprint density at radius 2 is 2.43 bits per heavy atom. The van der Waals surface area contributed by atoms with E-state index in [9.17, 15) is 0 Å². The monoisotopic (exact) mass is 215 g/mol. The van der Waals surface area contributed by atoms with Crippen LogP contribution in [0.15, 0.2) is 22.8 Å². The van der Waals surface area contributed by atoms with Crippen LogP contribution < -0.4 is 5.32 Å². The molecule has 1 aromatic heterocycles. The second-order valence-corrected chi connectivity index (χ2v) is 3.98. The minimum Gasteiger partial charge on any atom is -0.468 e. The number of rotatable bonds is 8. The quantitative estimate of drug-likeness (QED) is 0.670. The van der Waals surface area contributed by atoms with Gasteiger partial charge in [-0.1, -0.05) is 0 Å². The van der Waals surface area contributed by atoms with Crippen LogP contribution in [0.2, 0.25) is 0 Å². The first-order valence-corrected chi connectivity index (χ1v) is 5.88. The van der Waals surface area contributed by atoms with Gasteiger partial charge in [0.25, 0.3) is 0 Å². The number of thioether (sulfide) groups is 1. The van der Waals surface area contributed by atoms with Crippen LogP contribution in [-0.2, 0) is 10.5 Å². The van der Waals surface area contributed by atoms with Gasteiger partial charge in [0.1, 0.15) is 5.76 Å². The Labute approximate surface area is 89.2 Å². The second-order valence-electron chi connectivity index (χ2n) is 2.87. The molecule has 1 aromatic rings. The van der Waals surface area contributed by atoms with E-state index < -0.39 is 0 Å². The van der Waals surface area contributed by atoms with Crippen molar-refractivity contribution >= 4 is 11.8 Å². The third-order valence-corrected chi connectivity index (χ3v) is 2.71. The van der Waals surface area contributed by atoms with Crippen LogP contribution in [0.5, 0.6) is 0 Å². The largest absolute Gasteiger partial charge is 0.468 e. The summed E-state index contributed by atoms with van der Waals surface area (Å²) in [6.45, 7) is 2.73. The first-order valence-electron chi connectivity index (χ1n) is 4.73. The highest BCUT2D eigenvalue weighted by molar-refractivity contribution is 7.98. The molecule has 0 spiro atoms. The second kappa shape index (κ2) is 7.91. The van der Waals surface area contributed by atoms with Crippen LogP contribution in [0.1, 0.15) is 5.76 Å². The summed E-state index contributed by atoms with van der Waals surface area (Å²) in [4.78, 5) is 0. The van der Waals surface area contributed by atoms with E-state index in [0.29, 0.717) is 0 Å². The fourth-order valence-corrected chi connectivity index (χ4v) is 1.81. The van der Waals surface area contributed by atoms with E-state index in [1.807, 2.05) is 23.9 Å². The first-order chi connectivity index (χ1) is 6.93. The molecule has 3 nitrogen and oxygen atoms in total. The maximum Gasteiger partial charge on any atom is 0.113 e. The summed E-state index contributed by atoms with van der Waals surface area (Å²) < 4.78 is 10.1. The number of ether oxygens (including phenoxy) is 1. The molecule has 0 unspecified atom stereocenters. The normalized spacial score (nSPS) is 10.6. The van der Waals surface area contributed by atoms with Gasteiger partial charge in [-0.25, -0.2) is 0 Å². The van der Waals surface area contributed by atoms with E-state index in [4.69, 9.17) is 9.15 Å². The lowest BCUT2D eigenvalue weighted by atomic mass is 10.5. The lowest BCUT2D eigenvalue weighted by Gasteiger charge is -2.02. The number of hydrogen-bond acceptors (Lipinski definition) is 4. The Bertz CT molecular complexity index is 214. The van der Waals surface area contributed by atoms with Crippen LogP contribution >= 0.6 is 11.8 Å². The van der Waals surface area contributed by atoms with Gasteiger partial charge in [-0.05, 0) is 12.1 Å². The molecule has 1 heterocycles. The van der Waals surface area contributed by atoms with Crippen molar-refractivity contribution in [3.8, 4) is 0 Å². The highest BCUT2D eigenvalue weighted by atomic mass is 32.2. The topological polar surface area (TPSA) is 34.4 Å². The van der Waals surface area contributed by atoms with Crippen molar-refractivity contribution in [1.29, 1.82) is 0 Å². The lowest BCUT2D eigenvalue weighted by molar-refractivity contribution is 0.200. The molecular formula is C10H17NO2S. The molecule has 0 aromatic carbocycles. The molecule has 0 amide bonds. The Hall–Kier alpha value is -0.450. The highest BCUT2D eigenvalue weighted by Gasteiger charge is 1.94. The van der Waals surface area contributed by atoms with E-state index in [0.717, 1.165) is 37.0 Å². The maximum atomic E-state index is 5.22. The molecule has 0 atom stereocenters. The first kappa shape index (κ1) is 11.6. The average molecular weight is 215 g/mol. The van der Waals surface area contributed by atoms with Gasteiger partial charge in [0, 0.05) is 26.0 Å². The van der Waals surface area contributed by atoms with Crippen molar-refractivity contribution in [2.45, 2.75) is 5.75 Å². The molecule has 1 rings (SSSR count). The zero-order valence-corrected chi connectivity index (χ0v) is 9.31. The predicted molar refractivity (Wildman–Crippen MR) is 59.6 cm³/mol. The third-order valence-electron chi connectivity index (χ3n) is 1.73. The maximum absolute atomic E-state index is 5.22. The number of nitrogens with one attached hydrogen (secondary N) is 1. The van der Waals surface area contributed by atoms with Crippen molar-refractivity contribution in [2.24, 2.45) is 0 Å². The molecule has 14 heavy (non-hydrogen) atoms. The van der Waals surface area contributed by atoms with Crippen molar-refractivity contribution in [1.82, 2.24) is 5.32 Å². The number of methoxy groups -OCH3 is 1. The van der Waals surface area contributed by atoms with Crippen LogP contribution in [0.25, 0.3) is 0 Å². The van der Waals surface area contributed by atoms with E-state index in [2.05, 4.69) is 5.32 Å². The van der Waals surface area contributed by atoms with Crippen LogP contribution in [0, 0.1) is 0 Å². The van der Waals surface area contributed by atoms with Gasteiger partial charge in [-0.15, -0.1) is 0 Å². The van der Waals surface area contributed by atoms with E-state index in [1.165, 1.54) is 0 Å². The molecule has 80 valence electrons. The lowest BCUT2D eigenvalue weighted by Crippen LogP contribution is -2.21. The molecular weight excluding hydrogens is 198 g/mol. The summed E-state index contributed by atoms with van der Waals surface area (Å²) in [5, 5.41) is 3.29. The Morgan fingerprint density at radius 1 is 1.50 bits per heavy atom. The fourth-order valence-electron chi connectivity index (χ4n) is 1.01. The fraction of sp³-hybridized carbons (Fsp3) is 0.600. The molecule has 0 bridgehead atoms. The molecule has 1 N–H and O–H groups in total. The number of furan rings is 1. The van der Waals surface area contributed by atoms with Gasteiger partial charge in [-0.3, -0.25) is 0 Å². The van der Waals surface area contributed by atoms with Gasteiger partial charge in [0.05, 0.1) is 18.6 Å². The summed E-state index contributed by atoms with van der Waals surface area (Å²) in [6.07, 6.45) is 1.72. The van der Waals surface area contributed by atoms with Crippen molar-refractivity contribution in [2.75, 3.05) is 32.6 Å². The Kier molecular flexibility index (Phi) is 6.57. The average Bonchev–Trinajstić information content (AvgIpc) is 2.69. The van der Waals surface area contributed by atoms with E-state index in [-0.39, 0.29) is 0 Å². The molecule has 0 saturated heterocycles. The summed E-state index contributed by atoms with van der Waals surface area (Å²) >= 11 is 1.87. The molecule has 0 aliphatic heterocycles. The summed E-state index contributed by atoms with van der Waals surface area (Å²) in [5.74, 6) is 3.11. The minimum atomic E-state index is 0.781. The third kappa shape index (κ3) is 5.32. The molecule has 0 aliphatic carbocycles.